The normalized spacial score (nSPS) is 24.0. The van der Waals surface area contributed by atoms with Gasteiger partial charge in [-0.15, -0.1) is 0 Å². The number of halogens is 1. The van der Waals surface area contributed by atoms with Crippen LogP contribution >= 0.6 is 15.9 Å². The van der Waals surface area contributed by atoms with Crippen LogP contribution in [-0.4, -0.2) is 24.2 Å². The molecule has 1 aliphatic rings. The van der Waals surface area contributed by atoms with Gasteiger partial charge < -0.3 is 10.0 Å². The second-order valence-corrected chi connectivity index (χ2v) is 5.95. The molecule has 1 fully saturated rings. The third-order valence-electron chi connectivity index (χ3n) is 3.31. The van der Waals surface area contributed by atoms with E-state index in [1.807, 2.05) is 12.1 Å². The van der Waals surface area contributed by atoms with Crippen LogP contribution in [-0.2, 0) is 4.79 Å². The first-order valence-corrected chi connectivity index (χ1v) is 6.50. The minimum Gasteiger partial charge on any atom is -0.481 e. The van der Waals surface area contributed by atoms with E-state index in [1.165, 1.54) is 0 Å². The highest BCUT2D eigenvalue weighted by molar-refractivity contribution is 9.10. The first kappa shape index (κ1) is 12.4. The lowest BCUT2D eigenvalue weighted by atomic mass is 9.86. The summed E-state index contributed by atoms with van der Waals surface area (Å²) in [5.41, 5.74) is 1.06. The van der Waals surface area contributed by atoms with E-state index in [-0.39, 0.29) is 11.8 Å². The summed E-state index contributed by atoms with van der Waals surface area (Å²) in [5.74, 6) is -0.705. The van der Waals surface area contributed by atoms with Crippen molar-refractivity contribution in [3.63, 3.8) is 0 Å². The zero-order chi connectivity index (χ0) is 12.5. The first-order chi connectivity index (χ1) is 7.98. The Morgan fingerprint density at radius 3 is 3.00 bits per heavy atom. The Labute approximate surface area is 110 Å². The zero-order valence-corrected chi connectivity index (χ0v) is 11.4. The average Bonchev–Trinajstić information content (AvgIpc) is 2.59. The third-order valence-corrected chi connectivity index (χ3v) is 3.80. The van der Waals surface area contributed by atoms with Crippen molar-refractivity contribution in [3.8, 4) is 0 Å². The van der Waals surface area contributed by atoms with Gasteiger partial charge in [0.15, 0.2) is 0 Å². The molecule has 4 heteroatoms. The third kappa shape index (κ3) is 3.00. The Bertz CT molecular complexity index is 435. The second-order valence-electron chi connectivity index (χ2n) is 5.03. The van der Waals surface area contributed by atoms with E-state index in [4.69, 9.17) is 5.11 Å². The summed E-state index contributed by atoms with van der Waals surface area (Å²) in [7, 11) is 0. The quantitative estimate of drug-likeness (QED) is 0.932. The van der Waals surface area contributed by atoms with Crippen LogP contribution in [0.3, 0.4) is 0 Å². The van der Waals surface area contributed by atoms with Crippen LogP contribution in [0.5, 0.6) is 0 Å². The van der Waals surface area contributed by atoms with Crippen molar-refractivity contribution in [2.24, 2.45) is 5.41 Å². The number of carboxylic acids is 1. The average molecular weight is 298 g/mol. The molecule has 1 unspecified atom stereocenters. The Morgan fingerprint density at radius 2 is 2.35 bits per heavy atom. The van der Waals surface area contributed by atoms with Crippen molar-refractivity contribution in [3.05, 3.63) is 28.7 Å². The van der Waals surface area contributed by atoms with Gasteiger partial charge in [0.2, 0.25) is 0 Å². The van der Waals surface area contributed by atoms with Gasteiger partial charge in [-0.1, -0.05) is 28.9 Å². The molecule has 1 saturated heterocycles. The fourth-order valence-electron chi connectivity index (χ4n) is 2.43. The Morgan fingerprint density at radius 1 is 1.59 bits per heavy atom. The number of rotatable bonds is 3. The van der Waals surface area contributed by atoms with E-state index in [0.717, 1.165) is 29.7 Å². The van der Waals surface area contributed by atoms with E-state index in [2.05, 4.69) is 39.9 Å². The van der Waals surface area contributed by atoms with Crippen LogP contribution < -0.4 is 4.90 Å². The van der Waals surface area contributed by atoms with E-state index in [1.54, 1.807) is 0 Å². The highest BCUT2D eigenvalue weighted by atomic mass is 79.9. The molecule has 0 radical (unpaired) electrons. The van der Waals surface area contributed by atoms with E-state index < -0.39 is 5.97 Å². The maximum Gasteiger partial charge on any atom is 0.303 e. The van der Waals surface area contributed by atoms with Gasteiger partial charge in [-0.05, 0) is 30.0 Å². The Kier molecular flexibility index (Phi) is 3.43. The van der Waals surface area contributed by atoms with Crippen LogP contribution in [0, 0.1) is 5.41 Å². The van der Waals surface area contributed by atoms with Crippen molar-refractivity contribution in [2.45, 2.75) is 19.8 Å². The molecule has 0 aromatic heterocycles. The number of nitrogens with zero attached hydrogens (tertiary/aromatic N) is 1. The van der Waals surface area contributed by atoms with Crippen molar-refractivity contribution in [1.29, 1.82) is 0 Å². The van der Waals surface area contributed by atoms with Crippen LogP contribution in [0.25, 0.3) is 0 Å². The van der Waals surface area contributed by atoms with Crippen molar-refractivity contribution < 1.29 is 9.90 Å². The maximum absolute atomic E-state index is 10.8. The molecule has 3 nitrogen and oxygen atoms in total. The first-order valence-electron chi connectivity index (χ1n) is 5.71. The summed E-state index contributed by atoms with van der Waals surface area (Å²) >= 11 is 3.46. The highest BCUT2D eigenvalue weighted by Crippen LogP contribution is 2.36. The number of benzene rings is 1. The minimum atomic E-state index is -0.705. The van der Waals surface area contributed by atoms with E-state index >= 15 is 0 Å². The molecular formula is C13H16BrNO2. The SMILES string of the molecule is CC1(CC(=O)O)CCN(c2cccc(Br)c2)C1. The molecule has 1 aromatic carbocycles. The Balaban J connectivity index is 2.09. The molecule has 1 N–H and O–H groups in total. The molecule has 17 heavy (non-hydrogen) atoms. The molecule has 0 bridgehead atoms. The summed E-state index contributed by atoms with van der Waals surface area (Å²) in [6.45, 7) is 3.80. The molecule has 2 rings (SSSR count). The standard InChI is InChI=1S/C13H16BrNO2/c1-13(8-12(16)17)5-6-15(9-13)11-4-2-3-10(14)7-11/h2-4,7H,5-6,8-9H2,1H3,(H,16,17). The van der Waals surface area contributed by atoms with Gasteiger partial charge in [-0.2, -0.15) is 0 Å². The van der Waals surface area contributed by atoms with E-state index in [0.29, 0.717) is 0 Å². The molecule has 0 amide bonds. The number of carboxylic acid groups (broad SMARTS) is 1. The maximum atomic E-state index is 10.8. The number of hydrogen-bond acceptors (Lipinski definition) is 2. The lowest BCUT2D eigenvalue weighted by Crippen LogP contribution is -2.26. The second kappa shape index (κ2) is 4.69. The summed E-state index contributed by atoms with van der Waals surface area (Å²) in [5, 5.41) is 8.91. The largest absolute Gasteiger partial charge is 0.481 e. The van der Waals surface area contributed by atoms with Crippen LogP contribution in [0.2, 0.25) is 0 Å². The number of hydrogen-bond donors (Lipinski definition) is 1. The summed E-state index contributed by atoms with van der Waals surface area (Å²) in [6.07, 6.45) is 1.18. The summed E-state index contributed by atoms with van der Waals surface area (Å²) in [6, 6.07) is 8.14. The zero-order valence-electron chi connectivity index (χ0n) is 9.82. The van der Waals surface area contributed by atoms with Gasteiger partial charge >= 0.3 is 5.97 Å². The van der Waals surface area contributed by atoms with Gasteiger partial charge in [-0.3, -0.25) is 4.79 Å². The minimum absolute atomic E-state index is 0.103. The molecule has 0 spiro atoms. The molecular weight excluding hydrogens is 282 g/mol. The molecule has 1 aliphatic heterocycles. The number of carbonyl (C=O) groups is 1. The fourth-order valence-corrected chi connectivity index (χ4v) is 2.81. The molecule has 0 saturated carbocycles. The summed E-state index contributed by atoms with van der Waals surface area (Å²) < 4.78 is 1.06. The van der Waals surface area contributed by atoms with Gasteiger partial charge in [0.05, 0.1) is 6.42 Å². The Hall–Kier alpha value is -1.03. The van der Waals surface area contributed by atoms with Crippen molar-refractivity contribution >= 4 is 27.6 Å². The molecule has 1 heterocycles. The van der Waals surface area contributed by atoms with Gasteiger partial charge in [0.1, 0.15) is 0 Å². The van der Waals surface area contributed by atoms with Crippen LogP contribution in [0.1, 0.15) is 19.8 Å². The highest BCUT2D eigenvalue weighted by Gasteiger charge is 2.35. The van der Waals surface area contributed by atoms with Crippen molar-refractivity contribution in [2.75, 3.05) is 18.0 Å². The predicted octanol–water partition coefficient (Wildman–Crippen LogP) is 3.14. The van der Waals surface area contributed by atoms with Gasteiger partial charge in [0, 0.05) is 23.2 Å². The molecule has 0 aliphatic carbocycles. The van der Waals surface area contributed by atoms with Crippen LogP contribution in [0.15, 0.2) is 28.7 Å². The fraction of sp³-hybridized carbons (Fsp3) is 0.462. The monoisotopic (exact) mass is 297 g/mol. The predicted molar refractivity (Wildman–Crippen MR) is 71.3 cm³/mol. The smallest absolute Gasteiger partial charge is 0.303 e. The number of anilines is 1. The number of aliphatic carboxylic acids is 1. The van der Waals surface area contributed by atoms with Gasteiger partial charge in [0.25, 0.3) is 0 Å². The van der Waals surface area contributed by atoms with E-state index in [9.17, 15) is 4.79 Å². The van der Waals surface area contributed by atoms with Crippen LogP contribution in [0.4, 0.5) is 5.69 Å². The lowest BCUT2D eigenvalue weighted by molar-refractivity contribution is -0.139. The summed E-state index contributed by atoms with van der Waals surface area (Å²) in [4.78, 5) is 13.1. The lowest BCUT2D eigenvalue weighted by Gasteiger charge is -2.24. The molecule has 1 aromatic rings. The topological polar surface area (TPSA) is 40.5 Å². The van der Waals surface area contributed by atoms with Gasteiger partial charge in [-0.25, -0.2) is 0 Å². The molecule has 1 atom stereocenters. The van der Waals surface area contributed by atoms with Crippen molar-refractivity contribution in [1.82, 2.24) is 0 Å². The molecule has 92 valence electrons.